The van der Waals surface area contributed by atoms with Crippen molar-refractivity contribution in [3.63, 3.8) is 0 Å². The van der Waals surface area contributed by atoms with Gasteiger partial charge >= 0.3 is 64.1 Å². The Morgan fingerprint density at radius 3 is 1.00 bits per heavy atom. The molecule has 0 bridgehead atoms. The third-order valence-electron chi connectivity index (χ3n) is 6.74. The van der Waals surface area contributed by atoms with Crippen LogP contribution in [0.2, 0.25) is 0 Å². The molecule has 0 aromatic carbocycles. The zero-order chi connectivity index (χ0) is 23.6. The molecular weight excluding hydrogens is 709 g/mol. The topological polar surface area (TPSA) is 0 Å². The molecule has 4 aliphatic rings. The van der Waals surface area contributed by atoms with E-state index in [0.29, 0.717) is 11.8 Å². The van der Waals surface area contributed by atoms with Gasteiger partial charge in [-0.2, -0.15) is 12.2 Å². The average Bonchev–Trinajstić information content (AvgIpc) is 3.56. The maximum absolute atomic E-state index is 4.93. The molecule has 2 unspecified atom stereocenters. The molecule has 4 rings (SSSR count). The van der Waals surface area contributed by atoms with Gasteiger partial charge in [0.05, 0.1) is 0 Å². The van der Waals surface area contributed by atoms with Gasteiger partial charge in [-0.05, 0) is 75.0 Å². The zero-order valence-corrected chi connectivity index (χ0v) is 33.5. The predicted octanol–water partition coefficient (Wildman–Crippen LogP) is 5.39. The minimum atomic E-state index is -0.826. The summed E-state index contributed by atoms with van der Waals surface area (Å²) >= 11 is -0.826. The van der Waals surface area contributed by atoms with E-state index in [2.05, 4.69) is 79.7 Å². The van der Waals surface area contributed by atoms with E-state index in [4.69, 9.17) is 17.0 Å². The fraction of sp³-hybridized carbons (Fsp3) is 0.375. The van der Waals surface area contributed by atoms with Gasteiger partial charge in [0.2, 0.25) is 0 Å². The first-order valence-electron chi connectivity index (χ1n) is 10.9. The van der Waals surface area contributed by atoms with Crippen LogP contribution < -0.4 is 24.8 Å². The molecule has 0 N–H and O–H groups in total. The Bertz CT molecular complexity index is 793. The molecule has 0 aliphatic heterocycles. The van der Waals surface area contributed by atoms with E-state index >= 15 is 0 Å². The molecule has 0 amide bonds. The van der Waals surface area contributed by atoms with Crippen molar-refractivity contribution in [2.75, 3.05) is 0 Å². The van der Waals surface area contributed by atoms with Crippen LogP contribution in [0, 0.1) is 53.7 Å². The monoisotopic (exact) mass is 752 g/mol. The molecule has 2 atom stereocenters. The van der Waals surface area contributed by atoms with E-state index in [1.54, 1.807) is 22.3 Å². The van der Waals surface area contributed by atoms with Gasteiger partial charge in [0.15, 0.2) is 0 Å². The quantitative estimate of drug-likeness (QED) is 0.316. The Balaban J connectivity index is -0.0000000812. The molecule has 0 fully saturated rings. The van der Waals surface area contributed by atoms with Gasteiger partial charge in [-0.15, -0.1) is 12.8 Å². The van der Waals surface area contributed by atoms with E-state index in [1.807, 2.05) is 24.3 Å². The first kappa shape index (κ1) is 54.9. The van der Waals surface area contributed by atoms with E-state index in [9.17, 15) is 0 Å². The summed E-state index contributed by atoms with van der Waals surface area (Å²) in [6, 6.07) is 0. The van der Waals surface area contributed by atoms with Gasteiger partial charge in [-0.3, -0.25) is 12.2 Å². The molecule has 0 saturated carbocycles. The second kappa shape index (κ2) is 29.3. The van der Waals surface area contributed by atoms with Crippen LogP contribution in [0.25, 0.3) is 0 Å². The first-order chi connectivity index (χ1) is 14.7. The van der Waals surface area contributed by atoms with Gasteiger partial charge in [0.1, 0.15) is 0 Å². The predicted molar refractivity (Wildman–Crippen MR) is 161 cm³/mol. The van der Waals surface area contributed by atoms with Crippen molar-refractivity contribution in [1.82, 2.24) is 0 Å². The molecule has 0 aromatic rings. The summed E-state index contributed by atoms with van der Waals surface area (Å²) in [6.45, 7) is 18.5. The SMILES string of the molecule is CC1=C(C)C(C)C(C2=C(C)C(C)=C(C)C2C)=C1C.[C-]1=CC=CC1.[C-]1=CC=CC1.[CH3-].[CH3-].[CH3-].[CH3-].[Cl-].[Cl-].[Cl][Zr][Cl].[Zr+2]. The Hall–Kier alpha value is 0.846. The molecule has 0 aromatic heterocycles. The van der Waals surface area contributed by atoms with Gasteiger partial charge in [0.25, 0.3) is 0 Å². The molecule has 6 heteroatoms. The molecule has 4 aliphatic carbocycles. The average molecular weight is 757 g/mol. The Labute approximate surface area is 289 Å². The molecule has 0 nitrogen and oxygen atoms in total. The summed E-state index contributed by atoms with van der Waals surface area (Å²) in [6.07, 6.45) is 20.0. The van der Waals surface area contributed by atoms with Crippen LogP contribution in [-0.4, -0.2) is 0 Å². The van der Waals surface area contributed by atoms with E-state index in [-0.39, 0.29) is 80.7 Å². The summed E-state index contributed by atoms with van der Waals surface area (Å²) < 4.78 is 0. The minimum Gasteiger partial charge on any atom is 2.00 e. The number of hydrogen-bond acceptors (Lipinski definition) is 0. The van der Waals surface area contributed by atoms with Crippen molar-refractivity contribution in [3.8, 4) is 0 Å². The summed E-state index contributed by atoms with van der Waals surface area (Å²) in [5, 5.41) is 0. The number of hydrogen-bond donors (Lipinski definition) is 0. The van der Waals surface area contributed by atoms with Crippen LogP contribution >= 0.6 is 17.0 Å². The summed E-state index contributed by atoms with van der Waals surface area (Å²) in [5.41, 5.74) is 12.4. The summed E-state index contributed by atoms with van der Waals surface area (Å²) in [4.78, 5) is 0. The first-order valence-corrected chi connectivity index (χ1v) is 17.2. The molecule has 0 heterocycles. The molecule has 218 valence electrons. The maximum atomic E-state index is 4.93. The van der Waals surface area contributed by atoms with Crippen molar-refractivity contribution in [3.05, 3.63) is 123 Å². The normalized spacial score (nSPS) is 18.9. The Morgan fingerprint density at radius 1 is 0.632 bits per heavy atom. The number of rotatable bonds is 1. The van der Waals surface area contributed by atoms with Gasteiger partial charge < -0.3 is 54.5 Å². The maximum Gasteiger partial charge on any atom is 2.00 e. The second-order valence-corrected chi connectivity index (χ2v) is 11.9. The molecular formula is C32H48Cl4Zr2-6. The van der Waals surface area contributed by atoms with Gasteiger partial charge in [0, 0.05) is 11.8 Å². The van der Waals surface area contributed by atoms with Gasteiger partial charge in [-0.1, -0.05) is 25.0 Å². The van der Waals surface area contributed by atoms with Crippen molar-refractivity contribution in [1.29, 1.82) is 0 Å². The van der Waals surface area contributed by atoms with Crippen LogP contribution in [0.4, 0.5) is 0 Å². The second-order valence-electron chi connectivity index (χ2n) is 8.21. The fourth-order valence-electron chi connectivity index (χ4n) is 4.28. The van der Waals surface area contributed by atoms with E-state index in [1.165, 1.54) is 22.3 Å². The summed E-state index contributed by atoms with van der Waals surface area (Å²) in [5.74, 6) is 1.19. The number of halogens is 4. The molecule has 38 heavy (non-hydrogen) atoms. The van der Waals surface area contributed by atoms with Crippen molar-refractivity contribution >= 4 is 17.0 Å². The van der Waals surface area contributed by atoms with Crippen LogP contribution in [0.3, 0.4) is 0 Å². The van der Waals surface area contributed by atoms with E-state index in [0.717, 1.165) is 12.8 Å². The fourth-order valence-corrected chi connectivity index (χ4v) is 4.28. The van der Waals surface area contributed by atoms with Gasteiger partial charge in [-0.25, -0.2) is 24.3 Å². The third-order valence-corrected chi connectivity index (χ3v) is 6.74. The van der Waals surface area contributed by atoms with E-state index < -0.39 is 20.8 Å². The Kier molecular flexibility index (Phi) is 42.4. The van der Waals surface area contributed by atoms with Crippen molar-refractivity contribution < 1.29 is 71.9 Å². The Morgan fingerprint density at radius 2 is 0.895 bits per heavy atom. The molecule has 0 spiro atoms. The summed E-state index contributed by atoms with van der Waals surface area (Å²) in [7, 11) is 9.87. The largest absolute Gasteiger partial charge is 2.00 e. The van der Waals surface area contributed by atoms with Crippen molar-refractivity contribution in [2.24, 2.45) is 11.8 Å². The van der Waals surface area contributed by atoms with Crippen LogP contribution in [0.1, 0.15) is 68.2 Å². The van der Waals surface area contributed by atoms with Crippen LogP contribution in [0.5, 0.6) is 0 Å². The molecule has 0 saturated heterocycles. The van der Waals surface area contributed by atoms with Crippen molar-refractivity contribution in [2.45, 2.75) is 68.2 Å². The standard InChI is InChI=1S/C18H26.2C5H5.4CH3.4ClH.2Zr/c1-9-10(2)14(6)17(13(9)5)18-15(7)11(3)12(4)16(18)8;2*1-2-4-5-3-1;;;;;;;;;;/h13,15H,1-8H3;2*1-3H,4H2;4*1H3;4*1H;;/q;6*-1;;;;;2*+2/p-4. The molecule has 0 radical (unpaired) electrons. The van der Waals surface area contributed by atoms with Crippen LogP contribution in [-0.2, 0) is 47.1 Å². The minimum absolute atomic E-state index is 0. The third kappa shape index (κ3) is 15.7. The number of allylic oxidation sites excluding steroid dienone is 16. The smallest absolute Gasteiger partial charge is 2.00 e. The van der Waals surface area contributed by atoms with Crippen LogP contribution in [0.15, 0.2) is 81.0 Å². The zero-order valence-electron chi connectivity index (χ0n) is 25.5.